The Balaban J connectivity index is 1.64. The molecular formula is C19H27ClN2O3. The number of benzene rings is 1. The van der Waals surface area contributed by atoms with Gasteiger partial charge in [0.2, 0.25) is 5.91 Å². The molecule has 138 valence electrons. The number of hydrogen-bond acceptors (Lipinski definition) is 4. The van der Waals surface area contributed by atoms with Crippen LogP contribution in [-0.4, -0.2) is 66.7 Å². The van der Waals surface area contributed by atoms with Gasteiger partial charge in [-0.15, -0.1) is 0 Å². The minimum atomic E-state index is -0.156. The minimum absolute atomic E-state index is 0.0243. The Morgan fingerprint density at radius 2 is 1.80 bits per heavy atom. The van der Waals surface area contributed by atoms with E-state index in [9.17, 15) is 4.79 Å². The lowest BCUT2D eigenvalue weighted by atomic mass is 10.1. The van der Waals surface area contributed by atoms with Crippen molar-refractivity contribution in [3.05, 3.63) is 34.9 Å². The standard InChI is InChI=1S/C19H27ClN2O3/c1-13-10-22(11-14(2)25-13)19(23)15(3)21-8-9-24-18(12-21)16-4-6-17(20)7-5-16/h4-7,13-15,18H,8-12H2,1-3H3/t13-,14-,15-,18+/m0/s1. The van der Waals surface area contributed by atoms with Gasteiger partial charge in [0.1, 0.15) is 0 Å². The molecule has 2 aliphatic rings. The first-order chi connectivity index (χ1) is 11.9. The number of nitrogens with zero attached hydrogens (tertiary/aromatic N) is 2. The number of rotatable bonds is 3. The lowest BCUT2D eigenvalue weighted by Crippen LogP contribution is -2.56. The Kier molecular flexibility index (Phi) is 6.00. The second kappa shape index (κ2) is 8.04. The highest BCUT2D eigenvalue weighted by molar-refractivity contribution is 6.30. The number of carbonyl (C=O) groups is 1. The van der Waals surface area contributed by atoms with E-state index in [1.54, 1.807) is 0 Å². The first-order valence-corrected chi connectivity index (χ1v) is 9.37. The van der Waals surface area contributed by atoms with Gasteiger partial charge in [0.05, 0.1) is 31.0 Å². The maximum Gasteiger partial charge on any atom is 0.239 e. The molecule has 2 heterocycles. The predicted octanol–water partition coefficient (Wildman–Crippen LogP) is 2.74. The Labute approximate surface area is 154 Å². The number of amides is 1. The lowest BCUT2D eigenvalue weighted by Gasteiger charge is -2.41. The van der Waals surface area contributed by atoms with E-state index in [1.807, 2.05) is 49.9 Å². The van der Waals surface area contributed by atoms with Gasteiger partial charge in [0.25, 0.3) is 0 Å². The monoisotopic (exact) mass is 366 g/mol. The Bertz CT molecular complexity index is 585. The van der Waals surface area contributed by atoms with E-state index in [-0.39, 0.29) is 30.3 Å². The van der Waals surface area contributed by atoms with Gasteiger partial charge < -0.3 is 14.4 Å². The Morgan fingerprint density at radius 1 is 1.16 bits per heavy atom. The smallest absolute Gasteiger partial charge is 0.239 e. The van der Waals surface area contributed by atoms with Crippen molar-refractivity contribution >= 4 is 17.5 Å². The average molecular weight is 367 g/mol. The molecular weight excluding hydrogens is 340 g/mol. The summed E-state index contributed by atoms with van der Waals surface area (Å²) in [4.78, 5) is 17.1. The van der Waals surface area contributed by atoms with Crippen molar-refractivity contribution in [1.29, 1.82) is 0 Å². The second-order valence-electron chi connectivity index (χ2n) is 7.08. The van der Waals surface area contributed by atoms with Crippen LogP contribution in [0.5, 0.6) is 0 Å². The van der Waals surface area contributed by atoms with Crippen molar-refractivity contribution in [2.75, 3.05) is 32.8 Å². The molecule has 4 atom stereocenters. The van der Waals surface area contributed by atoms with E-state index in [1.165, 1.54) is 0 Å². The van der Waals surface area contributed by atoms with Crippen molar-refractivity contribution in [1.82, 2.24) is 9.80 Å². The largest absolute Gasteiger partial charge is 0.372 e. The molecule has 1 amide bonds. The maximum absolute atomic E-state index is 12.9. The predicted molar refractivity (Wildman–Crippen MR) is 97.8 cm³/mol. The normalized spacial score (nSPS) is 29.4. The van der Waals surface area contributed by atoms with Crippen LogP contribution < -0.4 is 0 Å². The van der Waals surface area contributed by atoms with Crippen molar-refractivity contribution < 1.29 is 14.3 Å². The summed E-state index contributed by atoms with van der Waals surface area (Å²) in [5, 5.41) is 0.718. The molecule has 6 heteroatoms. The van der Waals surface area contributed by atoms with E-state index in [0.29, 0.717) is 26.2 Å². The van der Waals surface area contributed by atoms with Crippen LogP contribution in [0, 0.1) is 0 Å². The zero-order valence-electron chi connectivity index (χ0n) is 15.2. The first kappa shape index (κ1) is 18.6. The molecule has 0 unspecified atom stereocenters. The summed E-state index contributed by atoms with van der Waals surface area (Å²) in [6.07, 6.45) is 0.154. The Morgan fingerprint density at radius 3 is 2.44 bits per heavy atom. The summed E-state index contributed by atoms with van der Waals surface area (Å²) in [5.41, 5.74) is 1.10. The van der Waals surface area contributed by atoms with E-state index in [0.717, 1.165) is 17.1 Å². The quantitative estimate of drug-likeness (QED) is 0.825. The molecule has 2 aliphatic heterocycles. The highest BCUT2D eigenvalue weighted by Crippen LogP contribution is 2.25. The molecule has 0 spiro atoms. The van der Waals surface area contributed by atoms with Crippen molar-refractivity contribution in [2.45, 2.75) is 45.1 Å². The summed E-state index contributed by atoms with van der Waals surface area (Å²) < 4.78 is 11.7. The Hall–Kier alpha value is -1.14. The third-order valence-electron chi connectivity index (χ3n) is 4.98. The molecule has 0 bridgehead atoms. The van der Waals surface area contributed by atoms with Gasteiger partial charge >= 0.3 is 0 Å². The van der Waals surface area contributed by atoms with Crippen LogP contribution in [0.2, 0.25) is 5.02 Å². The number of ether oxygens (including phenoxy) is 2. The number of carbonyl (C=O) groups excluding carboxylic acids is 1. The highest BCUT2D eigenvalue weighted by Gasteiger charge is 2.33. The van der Waals surface area contributed by atoms with Gasteiger partial charge in [-0.05, 0) is 38.5 Å². The van der Waals surface area contributed by atoms with Gasteiger partial charge in [-0.2, -0.15) is 0 Å². The summed E-state index contributed by atoms with van der Waals surface area (Å²) in [5.74, 6) is 0.179. The molecule has 0 saturated carbocycles. The van der Waals surface area contributed by atoms with Crippen LogP contribution in [0.25, 0.3) is 0 Å². The van der Waals surface area contributed by atoms with Crippen LogP contribution in [0.3, 0.4) is 0 Å². The fourth-order valence-corrected chi connectivity index (χ4v) is 3.80. The molecule has 5 nitrogen and oxygen atoms in total. The number of hydrogen-bond donors (Lipinski definition) is 0. The summed E-state index contributed by atoms with van der Waals surface area (Å²) in [6, 6.07) is 7.59. The molecule has 2 saturated heterocycles. The molecule has 2 fully saturated rings. The van der Waals surface area contributed by atoms with Gasteiger partial charge in [-0.1, -0.05) is 23.7 Å². The molecule has 1 aromatic rings. The van der Waals surface area contributed by atoms with Crippen LogP contribution in [0.1, 0.15) is 32.4 Å². The van der Waals surface area contributed by atoms with Crippen LogP contribution in [0.15, 0.2) is 24.3 Å². The lowest BCUT2D eigenvalue weighted by molar-refractivity contribution is -0.151. The fourth-order valence-electron chi connectivity index (χ4n) is 3.68. The van der Waals surface area contributed by atoms with E-state index < -0.39 is 0 Å². The summed E-state index contributed by atoms with van der Waals surface area (Å²) in [7, 11) is 0. The fraction of sp³-hybridized carbons (Fsp3) is 0.632. The molecule has 3 rings (SSSR count). The number of morpholine rings is 2. The first-order valence-electron chi connectivity index (χ1n) is 8.99. The SMILES string of the molecule is C[C@H]1CN(C(=O)[C@H](C)N2CCO[C@@H](c3ccc(Cl)cc3)C2)C[C@H](C)O1. The third kappa shape index (κ3) is 4.53. The van der Waals surface area contributed by atoms with Crippen molar-refractivity contribution in [3.8, 4) is 0 Å². The molecule has 0 radical (unpaired) electrons. The topological polar surface area (TPSA) is 42.0 Å². The molecule has 25 heavy (non-hydrogen) atoms. The van der Waals surface area contributed by atoms with Gasteiger partial charge in [-0.3, -0.25) is 9.69 Å². The van der Waals surface area contributed by atoms with Crippen LogP contribution >= 0.6 is 11.6 Å². The van der Waals surface area contributed by atoms with E-state index >= 15 is 0 Å². The molecule has 0 aromatic heterocycles. The van der Waals surface area contributed by atoms with Crippen molar-refractivity contribution in [3.63, 3.8) is 0 Å². The average Bonchev–Trinajstić information content (AvgIpc) is 2.60. The zero-order chi connectivity index (χ0) is 18.0. The van der Waals surface area contributed by atoms with Gasteiger partial charge in [-0.25, -0.2) is 0 Å². The highest BCUT2D eigenvalue weighted by atomic mass is 35.5. The summed E-state index contributed by atoms with van der Waals surface area (Å²) >= 11 is 5.97. The van der Waals surface area contributed by atoms with Crippen LogP contribution in [-0.2, 0) is 14.3 Å². The van der Waals surface area contributed by atoms with Gasteiger partial charge in [0, 0.05) is 31.2 Å². The summed E-state index contributed by atoms with van der Waals surface area (Å²) in [6.45, 7) is 9.48. The molecule has 0 N–H and O–H groups in total. The maximum atomic E-state index is 12.9. The van der Waals surface area contributed by atoms with Crippen molar-refractivity contribution in [2.24, 2.45) is 0 Å². The van der Waals surface area contributed by atoms with Gasteiger partial charge in [0.15, 0.2) is 0 Å². The molecule has 0 aliphatic carbocycles. The number of halogens is 1. The van der Waals surface area contributed by atoms with Crippen LogP contribution in [0.4, 0.5) is 0 Å². The second-order valence-corrected chi connectivity index (χ2v) is 7.52. The third-order valence-corrected chi connectivity index (χ3v) is 5.23. The molecule has 1 aromatic carbocycles. The van der Waals surface area contributed by atoms with E-state index in [4.69, 9.17) is 21.1 Å². The minimum Gasteiger partial charge on any atom is -0.372 e. The zero-order valence-corrected chi connectivity index (χ0v) is 15.9. The van der Waals surface area contributed by atoms with E-state index in [2.05, 4.69) is 4.90 Å².